The third-order valence-corrected chi connectivity index (χ3v) is 8.07. The van der Waals surface area contributed by atoms with Crippen LogP contribution in [0.2, 0.25) is 0 Å². The number of thioether (sulfide) groups is 1. The van der Waals surface area contributed by atoms with Gasteiger partial charge in [-0.1, -0.05) is 60.6 Å². The van der Waals surface area contributed by atoms with Gasteiger partial charge in [0.05, 0.1) is 5.75 Å². The first-order valence-electron chi connectivity index (χ1n) is 12.3. The number of nitrogens with zero attached hydrogens (tertiary/aromatic N) is 5. The number of hydrogen-bond donors (Lipinski definition) is 1. The van der Waals surface area contributed by atoms with Gasteiger partial charge in [-0.3, -0.25) is 14.7 Å². The Bertz CT molecular complexity index is 1320. The van der Waals surface area contributed by atoms with E-state index in [0.717, 1.165) is 23.5 Å². The predicted octanol–water partition coefficient (Wildman–Crippen LogP) is 6.18. The molecule has 2 aromatic carbocycles. The largest absolute Gasteiger partial charge is 0.483 e. The molecule has 2 heterocycles. The zero-order valence-corrected chi connectivity index (χ0v) is 22.0. The van der Waals surface area contributed by atoms with Crippen molar-refractivity contribution >= 4 is 34.1 Å². The van der Waals surface area contributed by atoms with E-state index in [-0.39, 0.29) is 17.5 Å². The summed E-state index contributed by atoms with van der Waals surface area (Å²) in [6, 6.07) is 15.5. The molecular formula is C26H27FN6O2S2. The van der Waals surface area contributed by atoms with Gasteiger partial charge >= 0.3 is 0 Å². The highest BCUT2D eigenvalue weighted by molar-refractivity contribution is 7.99. The second-order valence-corrected chi connectivity index (χ2v) is 10.8. The molecule has 8 nitrogen and oxygen atoms in total. The van der Waals surface area contributed by atoms with Crippen LogP contribution in [0.3, 0.4) is 0 Å². The summed E-state index contributed by atoms with van der Waals surface area (Å²) in [5, 5.41) is 22.2. The highest BCUT2D eigenvalue weighted by atomic mass is 32.2. The molecule has 1 saturated carbocycles. The Labute approximate surface area is 222 Å². The first-order chi connectivity index (χ1) is 18.1. The summed E-state index contributed by atoms with van der Waals surface area (Å²) in [5.41, 5.74) is 0.848. The number of anilines is 1. The van der Waals surface area contributed by atoms with Gasteiger partial charge in [-0.2, -0.15) is 0 Å². The summed E-state index contributed by atoms with van der Waals surface area (Å²) in [6.45, 7) is 1.85. The van der Waals surface area contributed by atoms with Gasteiger partial charge in [0.25, 0.3) is 0 Å². The van der Waals surface area contributed by atoms with Crippen molar-refractivity contribution in [2.24, 2.45) is 0 Å². The number of amides is 1. The van der Waals surface area contributed by atoms with E-state index in [1.165, 1.54) is 54.5 Å². The minimum Gasteiger partial charge on any atom is -0.483 e. The van der Waals surface area contributed by atoms with Crippen molar-refractivity contribution < 1.29 is 13.9 Å². The number of ether oxygens (including phenoxy) is 1. The van der Waals surface area contributed by atoms with Crippen molar-refractivity contribution in [1.82, 2.24) is 25.0 Å². The molecule has 4 aromatic rings. The molecule has 2 aromatic heterocycles. The van der Waals surface area contributed by atoms with Crippen LogP contribution in [0.1, 0.15) is 61.9 Å². The molecular weight excluding hydrogens is 511 g/mol. The first-order valence-corrected chi connectivity index (χ1v) is 14.1. The molecule has 5 rings (SSSR count). The molecule has 1 unspecified atom stereocenters. The Morgan fingerprint density at radius 2 is 1.84 bits per heavy atom. The van der Waals surface area contributed by atoms with Crippen molar-refractivity contribution in [3.63, 3.8) is 0 Å². The maximum absolute atomic E-state index is 13.3. The molecule has 1 aliphatic carbocycles. The lowest BCUT2D eigenvalue weighted by atomic mass is 9.90. The van der Waals surface area contributed by atoms with Crippen LogP contribution in [0.15, 0.2) is 59.8 Å². The van der Waals surface area contributed by atoms with Crippen LogP contribution in [-0.4, -0.2) is 36.6 Å². The van der Waals surface area contributed by atoms with Crippen LogP contribution in [-0.2, 0) is 4.79 Å². The summed E-state index contributed by atoms with van der Waals surface area (Å²) in [5.74, 6) is 1.17. The standard InChI is InChI=1S/C26H27FN6O2S2/c1-17(35-21-14-12-19(27)13-15-21)23-29-32-26(33(23)20-10-6-3-7-11-20)36-16-22(34)28-25-31-30-24(37-25)18-8-4-2-5-9-18/h3,6-7,10-15,17-18H,2,4-5,8-9,16H2,1H3,(H,28,31,34). The average molecular weight is 539 g/mol. The van der Waals surface area contributed by atoms with Gasteiger partial charge in [0.2, 0.25) is 11.0 Å². The molecule has 0 spiro atoms. The van der Waals surface area contributed by atoms with Crippen molar-refractivity contribution in [2.75, 3.05) is 11.1 Å². The molecule has 1 fully saturated rings. The zero-order valence-electron chi connectivity index (χ0n) is 20.3. The Hall–Kier alpha value is -3.31. The highest BCUT2D eigenvalue weighted by Crippen LogP contribution is 2.35. The number of nitrogens with one attached hydrogen (secondary N) is 1. The van der Waals surface area contributed by atoms with Gasteiger partial charge in [-0.15, -0.1) is 20.4 Å². The Kier molecular flexibility index (Phi) is 8.10. The summed E-state index contributed by atoms with van der Waals surface area (Å²) in [7, 11) is 0. The van der Waals surface area contributed by atoms with Crippen molar-refractivity contribution in [3.05, 3.63) is 71.2 Å². The molecule has 192 valence electrons. The molecule has 0 radical (unpaired) electrons. The van der Waals surface area contributed by atoms with Gasteiger partial charge in [-0.05, 0) is 56.2 Å². The fourth-order valence-electron chi connectivity index (χ4n) is 4.31. The van der Waals surface area contributed by atoms with Crippen LogP contribution in [0.5, 0.6) is 5.75 Å². The van der Waals surface area contributed by atoms with E-state index >= 15 is 0 Å². The number of halogens is 1. The third kappa shape index (κ3) is 6.34. The van der Waals surface area contributed by atoms with E-state index in [9.17, 15) is 9.18 Å². The topological polar surface area (TPSA) is 94.8 Å². The van der Waals surface area contributed by atoms with Gasteiger partial charge in [0.15, 0.2) is 17.1 Å². The molecule has 1 N–H and O–H groups in total. The normalized spacial score (nSPS) is 14.9. The Morgan fingerprint density at radius 1 is 1.08 bits per heavy atom. The maximum Gasteiger partial charge on any atom is 0.236 e. The number of aromatic nitrogens is 5. The number of benzene rings is 2. The van der Waals surface area contributed by atoms with Crippen LogP contribution >= 0.6 is 23.1 Å². The van der Waals surface area contributed by atoms with Crippen LogP contribution in [0, 0.1) is 5.82 Å². The molecule has 0 bridgehead atoms. The lowest BCUT2D eigenvalue weighted by molar-refractivity contribution is -0.113. The van der Waals surface area contributed by atoms with E-state index in [0.29, 0.717) is 27.8 Å². The minimum absolute atomic E-state index is 0.135. The summed E-state index contributed by atoms with van der Waals surface area (Å²) in [4.78, 5) is 12.7. The first kappa shape index (κ1) is 25.3. The molecule has 0 saturated heterocycles. The Morgan fingerprint density at radius 3 is 2.59 bits per heavy atom. The van der Waals surface area contributed by atoms with Crippen molar-refractivity contribution in [1.29, 1.82) is 0 Å². The molecule has 1 amide bonds. The minimum atomic E-state index is -0.471. The van der Waals surface area contributed by atoms with E-state index in [2.05, 4.69) is 25.7 Å². The SMILES string of the molecule is CC(Oc1ccc(F)cc1)c1nnc(SCC(=O)Nc2nnc(C3CCCCC3)s2)n1-c1ccccc1. The lowest BCUT2D eigenvalue weighted by Crippen LogP contribution is -2.15. The number of rotatable bonds is 9. The summed E-state index contributed by atoms with van der Waals surface area (Å²) >= 11 is 2.74. The predicted molar refractivity (Wildman–Crippen MR) is 142 cm³/mol. The Balaban J connectivity index is 1.27. The molecule has 1 atom stereocenters. The molecule has 1 aliphatic rings. The third-order valence-electron chi connectivity index (χ3n) is 6.14. The molecule has 0 aliphatic heterocycles. The van der Waals surface area contributed by atoms with Gasteiger partial charge in [0, 0.05) is 11.6 Å². The van der Waals surface area contributed by atoms with Gasteiger partial charge in [0.1, 0.15) is 16.6 Å². The lowest BCUT2D eigenvalue weighted by Gasteiger charge is -2.18. The summed E-state index contributed by atoms with van der Waals surface area (Å²) in [6.07, 6.45) is 5.53. The molecule has 11 heteroatoms. The van der Waals surface area contributed by atoms with Crippen LogP contribution in [0.25, 0.3) is 5.69 Å². The second-order valence-electron chi connectivity index (χ2n) is 8.84. The van der Waals surface area contributed by atoms with Crippen molar-refractivity contribution in [2.45, 2.75) is 56.2 Å². The smallest absolute Gasteiger partial charge is 0.236 e. The number of carbonyl (C=O) groups excluding carboxylic acids is 1. The maximum atomic E-state index is 13.3. The number of para-hydroxylation sites is 1. The monoisotopic (exact) mass is 538 g/mol. The quantitative estimate of drug-likeness (QED) is 0.254. The molecule has 37 heavy (non-hydrogen) atoms. The second kappa shape index (κ2) is 11.8. The van der Waals surface area contributed by atoms with Gasteiger partial charge in [-0.25, -0.2) is 4.39 Å². The van der Waals surface area contributed by atoms with E-state index in [1.807, 2.05) is 41.8 Å². The summed E-state index contributed by atoms with van der Waals surface area (Å²) < 4.78 is 21.2. The highest BCUT2D eigenvalue weighted by Gasteiger charge is 2.23. The fourth-order valence-corrected chi connectivity index (χ4v) is 6.00. The van der Waals surface area contributed by atoms with E-state index in [4.69, 9.17) is 4.74 Å². The van der Waals surface area contributed by atoms with E-state index in [1.54, 1.807) is 12.1 Å². The fraction of sp³-hybridized carbons (Fsp3) is 0.346. The zero-order chi connectivity index (χ0) is 25.6. The van der Waals surface area contributed by atoms with E-state index < -0.39 is 6.10 Å². The van der Waals surface area contributed by atoms with Crippen LogP contribution in [0.4, 0.5) is 9.52 Å². The van der Waals surface area contributed by atoms with Crippen molar-refractivity contribution in [3.8, 4) is 11.4 Å². The average Bonchev–Trinajstić information content (AvgIpc) is 3.57. The van der Waals surface area contributed by atoms with Gasteiger partial charge < -0.3 is 4.74 Å². The number of carbonyl (C=O) groups is 1. The van der Waals surface area contributed by atoms with Crippen LogP contribution < -0.4 is 10.1 Å². The number of hydrogen-bond acceptors (Lipinski definition) is 8.